The summed E-state index contributed by atoms with van der Waals surface area (Å²) in [5.74, 6) is 1.88. The first-order chi connectivity index (χ1) is 12.8. The fourth-order valence-corrected chi connectivity index (χ4v) is 5.35. The van der Waals surface area contributed by atoms with Crippen LogP contribution in [-0.4, -0.2) is 12.1 Å². The summed E-state index contributed by atoms with van der Waals surface area (Å²) in [5.41, 5.74) is 2.17. The second-order valence-electron chi connectivity index (χ2n) is 7.54. The van der Waals surface area contributed by atoms with Crippen LogP contribution in [0, 0.1) is 5.92 Å². The van der Waals surface area contributed by atoms with Crippen LogP contribution in [0.25, 0.3) is 21.0 Å². The topological polar surface area (TPSA) is 42.1 Å². The van der Waals surface area contributed by atoms with Crippen LogP contribution in [0.15, 0.2) is 28.4 Å². The number of aromatic nitrogens is 1. The van der Waals surface area contributed by atoms with E-state index in [4.69, 9.17) is 4.74 Å². The molecule has 0 unspecified atom stereocenters. The molecule has 0 saturated heterocycles. The molecule has 0 radical (unpaired) electrons. The number of aromatic amines is 1. The van der Waals surface area contributed by atoms with Crippen molar-refractivity contribution in [1.82, 2.24) is 4.98 Å². The van der Waals surface area contributed by atoms with Gasteiger partial charge in [-0.3, -0.25) is 4.79 Å². The summed E-state index contributed by atoms with van der Waals surface area (Å²) < 4.78 is 6.48. The molecule has 0 atom stereocenters. The predicted molar refractivity (Wildman–Crippen MR) is 111 cm³/mol. The van der Waals surface area contributed by atoms with Crippen LogP contribution < -0.4 is 10.3 Å². The number of benzene rings is 1. The standard InChI is InChI=1S/C22H27NO2S/c1-25-19-12-11-18-20(17-13-14-26-21(17)22(24)23-18)16(19)10-6-5-9-15-7-3-2-4-8-15/h11-15H,2-10H2,1H3,(H,23,24). The number of nitrogens with one attached hydrogen (secondary N) is 1. The number of ether oxygens (including phenoxy) is 1. The largest absolute Gasteiger partial charge is 0.496 e. The second-order valence-corrected chi connectivity index (χ2v) is 8.45. The van der Waals surface area contributed by atoms with Gasteiger partial charge in [-0.25, -0.2) is 0 Å². The third-order valence-corrected chi connectivity index (χ3v) is 6.81. The van der Waals surface area contributed by atoms with Crippen LogP contribution in [0.1, 0.15) is 56.9 Å². The zero-order valence-corrected chi connectivity index (χ0v) is 16.3. The number of aryl methyl sites for hydroxylation is 1. The molecule has 0 amide bonds. The van der Waals surface area contributed by atoms with Crippen molar-refractivity contribution in [2.45, 2.75) is 57.8 Å². The molecule has 0 aliphatic heterocycles. The summed E-state index contributed by atoms with van der Waals surface area (Å²) in [6, 6.07) is 6.04. The summed E-state index contributed by atoms with van der Waals surface area (Å²) in [7, 11) is 1.74. The average Bonchev–Trinajstić information content (AvgIpc) is 3.16. The van der Waals surface area contributed by atoms with E-state index in [1.807, 2.05) is 17.5 Å². The molecule has 4 rings (SSSR count). The number of fused-ring (bicyclic) bond motifs is 3. The van der Waals surface area contributed by atoms with Gasteiger partial charge in [0.15, 0.2) is 0 Å². The maximum Gasteiger partial charge on any atom is 0.266 e. The summed E-state index contributed by atoms with van der Waals surface area (Å²) in [6.45, 7) is 0. The molecule has 3 nitrogen and oxygen atoms in total. The molecule has 26 heavy (non-hydrogen) atoms. The lowest BCUT2D eigenvalue weighted by molar-refractivity contribution is 0.329. The molecule has 1 aliphatic carbocycles. The minimum absolute atomic E-state index is 0.0101. The Hall–Kier alpha value is -1.81. The minimum atomic E-state index is 0.0101. The molecule has 2 aromatic heterocycles. The van der Waals surface area contributed by atoms with Crippen LogP contribution in [-0.2, 0) is 6.42 Å². The molecule has 0 spiro atoms. The third-order valence-electron chi connectivity index (χ3n) is 5.89. The number of thiophene rings is 1. The molecule has 1 aliphatic rings. The average molecular weight is 370 g/mol. The van der Waals surface area contributed by atoms with Crippen LogP contribution in [0.5, 0.6) is 5.75 Å². The van der Waals surface area contributed by atoms with Gasteiger partial charge in [0.25, 0.3) is 5.56 Å². The van der Waals surface area contributed by atoms with Gasteiger partial charge in [-0.05, 0) is 42.3 Å². The fourth-order valence-electron chi connectivity index (χ4n) is 4.55. The number of hydrogen-bond acceptors (Lipinski definition) is 3. The number of pyridine rings is 1. The highest BCUT2D eigenvalue weighted by atomic mass is 32.1. The highest BCUT2D eigenvalue weighted by Crippen LogP contribution is 2.35. The zero-order valence-electron chi connectivity index (χ0n) is 15.5. The van der Waals surface area contributed by atoms with Crippen molar-refractivity contribution in [3.63, 3.8) is 0 Å². The molecule has 1 fully saturated rings. The number of H-pyrrole nitrogens is 1. The Morgan fingerprint density at radius 1 is 1.15 bits per heavy atom. The first-order valence-electron chi connectivity index (χ1n) is 9.87. The number of rotatable bonds is 6. The van der Waals surface area contributed by atoms with E-state index < -0.39 is 0 Å². The molecular weight excluding hydrogens is 342 g/mol. The van der Waals surface area contributed by atoms with Gasteiger partial charge in [-0.2, -0.15) is 0 Å². The lowest BCUT2D eigenvalue weighted by Gasteiger charge is -2.21. The molecule has 138 valence electrons. The van der Waals surface area contributed by atoms with E-state index in [9.17, 15) is 4.79 Å². The monoisotopic (exact) mass is 369 g/mol. The highest BCUT2D eigenvalue weighted by Gasteiger charge is 2.16. The lowest BCUT2D eigenvalue weighted by Crippen LogP contribution is -2.07. The van der Waals surface area contributed by atoms with E-state index in [1.54, 1.807) is 7.11 Å². The van der Waals surface area contributed by atoms with Gasteiger partial charge in [0.1, 0.15) is 10.4 Å². The molecule has 1 saturated carbocycles. The minimum Gasteiger partial charge on any atom is -0.496 e. The van der Waals surface area contributed by atoms with Crippen LogP contribution in [0.4, 0.5) is 0 Å². The summed E-state index contributed by atoms with van der Waals surface area (Å²) in [6.07, 6.45) is 11.9. The van der Waals surface area contributed by atoms with E-state index >= 15 is 0 Å². The van der Waals surface area contributed by atoms with Crippen molar-refractivity contribution < 1.29 is 4.74 Å². The van der Waals surface area contributed by atoms with Crippen molar-refractivity contribution >= 4 is 32.3 Å². The number of hydrogen-bond donors (Lipinski definition) is 1. The van der Waals surface area contributed by atoms with E-state index in [2.05, 4.69) is 11.1 Å². The van der Waals surface area contributed by atoms with E-state index in [-0.39, 0.29) is 5.56 Å². The molecule has 4 heteroatoms. The Labute approximate surface area is 158 Å². The summed E-state index contributed by atoms with van der Waals surface area (Å²) >= 11 is 1.51. The SMILES string of the molecule is COc1ccc2[nH]c(=O)c3sccc3c2c1CCCCC1CCCCC1. The Morgan fingerprint density at radius 2 is 2.00 bits per heavy atom. The molecule has 0 bridgehead atoms. The number of methoxy groups -OCH3 is 1. The normalized spacial score (nSPS) is 15.7. The van der Waals surface area contributed by atoms with Gasteiger partial charge < -0.3 is 9.72 Å². The Balaban J connectivity index is 1.60. The first-order valence-corrected chi connectivity index (χ1v) is 10.7. The van der Waals surface area contributed by atoms with Crippen LogP contribution >= 0.6 is 11.3 Å². The Bertz CT molecular complexity index is 950. The quantitative estimate of drug-likeness (QED) is 0.538. The van der Waals surface area contributed by atoms with Crippen LogP contribution in [0.3, 0.4) is 0 Å². The number of unbranched alkanes of at least 4 members (excludes halogenated alkanes) is 1. The van der Waals surface area contributed by atoms with Crippen molar-refractivity contribution in [3.8, 4) is 5.75 Å². The fraction of sp³-hybridized carbons (Fsp3) is 0.500. The first kappa shape index (κ1) is 17.6. The Morgan fingerprint density at radius 3 is 2.81 bits per heavy atom. The smallest absolute Gasteiger partial charge is 0.266 e. The molecular formula is C22H27NO2S. The molecule has 3 aromatic rings. The maximum atomic E-state index is 12.3. The lowest BCUT2D eigenvalue weighted by atomic mass is 9.85. The van der Waals surface area contributed by atoms with Crippen molar-refractivity contribution in [1.29, 1.82) is 0 Å². The molecule has 1 N–H and O–H groups in total. The summed E-state index contributed by atoms with van der Waals surface area (Å²) in [4.78, 5) is 15.3. The van der Waals surface area contributed by atoms with Crippen LogP contribution in [0.2, 0.25) is 0 Å². The molecule has 1 aromatic carbocycles. The van der Waals surface area contributed by atoms with Crippen molar-refractivity contribution in [2.24, 2.45) is 5.92 Å². The van der Waals surface area contributed by atoms with Gasteiger partial charge in [-0.15, -0.1) is 11.3 Å². The van der Waals surface area contributed by atoms with Gasteiger partial charge >= 0.3 is 0 Å². The summed E-state index contributed by atoms with van der Waals surface area (Å²) in [5, 5.41) is 4.24. The zero-order chi connectivity index (χ0) is 17.9. The molecule has 2 heterocycles. The van der Waals surface area contributed by atoms with E-state index in [0.29, 0.717) is 0 Å². The van der Waals surface area contributed by atoms with Crippen molar-refractivity contribution in [3.05, 3.63) is 39.5 Å². The highest BCUT2D eigenvalue weighted by molar-refractivity contribution is 7.17. The van der Waals surface area contributed by atoms with Gasteiger partial charge in [0.05, 0.1) is 7.11 Å². The van der Waals surface area contributed by atoms with Crippen molar-refractivity contribution in [2.75, 3.05) is 7.11 Å². The van der Waals surface area contributed by atoms with E-state index in [0.717, 1.165) is 39.1 Å². The van der Waals surface area contributed by atoms with Gasteiger partial charge in [0.2, 0.25) is 0 Å². The van der Waals surface area contributed by atoms with E-state index in [1.165, 1.54) is 68.3 Å². The predicted octanol–water partition coefficient (Wildman–Crippen LogP) is 6.04. The van der Waals surface area contributed by atoms with Gasteiger partial charge in [0, 0.05) is 21.9 Å². The third kappa shape index (κ3) is 3.39. The second kappa shape index (κ2) is 7.83. The Kier molecular flexibility index (Phi) is 5.30. The maximum absolute atomic E-state index is 12.3. The van der Waals surface area contributed by atoms with Gasteiger partial charge in [-0.1, -0.05) is 44.9 Å².